The quantitative estimate of drug-likeness (QED) is 0.471. The van der Waals surface area contributed by atoms with Crippen LogP contribution in [0.4, 0.5) is 5.69 Å². The van der Waals surface area contributed by atoms with Gasteiger partial charge in [0, 0.05) is 42.8 Å². The number of H-pyrrole nitrogens is 1. The number of anilines is 1. The Morgan fingerprint density at radius 3 is 2.70 bits per heavy atom. The van der Waals surface area contributed by atoms with E-state index in [1.54, 1.807) is 13.2 Å². The van der Waals surface area contributed by atoms with Crippen LogP contribution in [0.1, 0.15) is 44.2 Å². The molecule has 168 valence electrons. The van der Waals surface area contributed by atoms with Crippen molar-refractivity contribution < 1.29 is 24.0 Å². The van der Waals surface area contributed by atoms with Gasteiger partial charge in [-0.15, -0.1) is 0 Å². The molecule has 1 aromatic heterocycles. The number of aromatic nitrogens is 1. The molecular formula is C27H27N2O4+. The van der Waals surface area contributed by atoms with Gasteiger partial charge in [-0.3, -0.25) is 9.59 Å². The highest BCUT2D eigenvalue weighted by molar-refractivity contribution is 5.95. The fraction of sp³-hybridized carbons (Fsp3) is 0.296. The van der Waals surface area contributed by atoms with Crippen molar-refractivity contribution in [2.45, 2.75) is 33.1 Å². The molecule has 6 heteroatoms. The average molecular weight is 444 g/mol. The second-order valence-corrected chi connectivity index (χ2v) is 9.47. The summed E-state index contributed by atoms with van der Waals surface area (Å²) in [6.45, 7) is 5.54. The first kappa shape index (κ1) is 21.2. The first-order valence-electron chi connectivity index (χ1n) is 11.1. The lowest BCUT2D eigenvalue weighted by Crippen LogP contribution is -2.39. The van der Waals surface area contributed by atoms with Gasteiger partial charge in [0.25, 0.3) is 0 Å². The minimum Gasteiger partial charge on any atom is -0.493 e. The topological polar surface area (TPSA) is 78.8 Å². The number of aromatic amines is 1. The summed E-state index contributed by atoms with van der Waals surface area (Å²) in [7, 11) is 1.55. The second-order valence-electron chi connectivity index (χ2n) is 9.47. The van der Waals surface area contributed by atoms with Crippen molar-refractivity contribution >= 4 is 28.3 Å². The fourth-order valence-electron chi connectivity index (χ4n) is 5.24. The number of carbonyl (C=O) groups is 2. The Kier molecular flexibility index (Phi) is 4.96. The van der Waals surface area contributed by atoms with E-state index in [2.05, 4.69) is 48.4 Å². The smallest absolute Gasteiger partial charge is 0.308 e. The molecule has 0 saturated carbocycles. The lowest BCUT2D eigenvalue weighted by atomic mass is 9.66. The lowest BCUT2D eigenvalue weighted by Gasteiger charge is -2.41. The number of pyridine rings is 1. The maximum Gasteiger partial charge on any atom is 0.308 e. The molecule has 2 unspecified atom stereocenters. The molecule has 0 saturated heterocycles. The van der Waals surface area contributed by atoms with Crippen LogP contribution in [0.3, 0.4) is 0 Å². The molecule has 3 aromatic rings. The van der Waals surface area contributed by atoms with Gasteiger partial charge >= 0.3 is 5.97 Å². The van der Waals surface area contributed by atoms with Gasteiger partial charge in [0.1, 0.15) is 5.78 Å². The summed E-state index contributed by atoms with van der Waals surface area (Å²) in [5.41, 5.74) is 4.73. The molecule has 0 spiro atoms. The Balaban J connectivity index is 1.77. The number of fused-ring (bicyclic) bond motifs is 4. The second kappa shape index (κ2) is 7.73. The molecule has 1 aliphatic carbocycles. The third-order valence-corrected chi connectivity index (χ3v) is 6.47. The average Bonchev–Trinajstić information content (AvgIpc) is 2.76. The number of hydrogen-bond acceptors (Lipinski definition) is 5. The van der Waals surface area contributed by atoms with Crippen LogP contribution < -0.4 is 19.8 Å². The minimum absolute atomic E-state index is 0.209. The standard InChI is InChI=1S/C27H26N2O4/c1-15(30)33-22-10-7-16(12-23(22)32-4)24-25-17-6-5-11-28-18(17)8-9-19(25)29-20-13-27(2,3)14-21(31)26(20)24/h5-13,24,26,29H,14H2,1-4H3/p+1. The third-order valence-electron chi connectivity index (χ3n) is 6.47. The number of esters is 1. The van der Waals surface area contributed by atoms with Crippen LogP contribution in [0, 0.1) is 11.3 Å². The van der Waals surface area contributed by atoms with Gasteiger partial charge in [-0.2, -0.15) is 0 Å². The molecule has 1 aliphatic heterocycles. The fourth-order valence-corrected chi connectivity index (χ4v) is 5.24. The Morgan fingerprint density at radius 1 is 1.12 bits per heavy atom. The van der Waals surface area contributed by atoms with E-state index in [9.17, 15) is 9.59 Å². The summed E-state index contributed by atoms with van der Waals surface area (Å²) in [6, 6.07) is 13.7. The van der Waals surface area contributed by atoms with Crippen LogP contribution in [0.25, 0.3) is 10.9 Å². The molecule has 0 amide bonds. The van der Waals surface area contributed by atoms with E-state index in [0.29, 0.717) is 17.9 Å². The van der Waals surface area contributed by atoms with Crippen LogP contribution in [-0.4, -0.2) is 18.9 Å². The summed E-state index contributed by atoms with van der Waals surface area (Å²) in [6.07, 6.45) is 4.57. The van der Waals surface area contributed by atoms with Gasteiger partial charge in [0.2, 0.25) is 5.52 Å². The molecular weight excluding hydrogens is 416 g/mol. The van der Waals surface area contributed by atoms with Crippen molar-refractivity contribution in [1.29, 1.82) is 0 Å². The number of hydrogen-bond donors (Lipinski definition) is 1. The molecule has 0 radical (unpaired) electrons. The van der Waals surface area contributed by atoms with Crippen LogP contribution in [0.5, 0.6) is 11.5 Å². The summed E-state index contributed by atoms with van der Waals surface area (Å²) in [5, 5.41) is 4.63. The Labute approximate surface area is 192 Å². The summed E-state index contributed by atoms with van der Waals surface area (Å²) >= 11 is 0. The SMILES string of the molecule is COc1cc(C2c3c(ccc4[nH+]cccc34)NC3=CC(C)(C)CC(=O)C32)ccc1OC(C)=O. The van der Waals surface area contributed by atoms with Gasteiger partial charge in [0.05, 0.1) is 18.4 Å². The number of allylic oxidation sites excluding steroid dienone is 2. The van der Waals surface area contributed by atoms with E-state index >= 15 is 0 Å². The highest BCUT2D eigenvalue weighted by atomic mass is 16.6. The number of rotatable bonds is 3. The number of carbonyl (C=O) groups excluding carboxylic acids is 2. The van der Waals surface area contributed by atoms with E-state index in [1.165, 1.54) is 6.92 Å². The van der Waals surface area contributed by atoms with E-state index in [1.807, 2.05) is 24.4 Å². The van der Waals surface area contributed by atoms with Crippen molar-refractivity contribution in [3.63, 3.8) is 0 Å². The van der Waals surface area contributed by atoms with Crippen molar-refractivity contribution in [3.05, 3.63) is 71.6 Å². The normalized spacial score (nSPS) is 20.8. The predicted molar refractivity (Wildman–Crippen MR) is 125 cm³/mol. The third kappa shape index (κ3) is 3.65. The molecule has 0 bridgehead atoms. The van der Waals surface area contributed by atoms with Crippen molar-refractivity contribution in [3.8, 4) is 11.5 Å². The van der Waals surface area contributed by atoms with E-state index in [-0.39, 0.29) is 23.0 Å². The molecule has 5 rings (SSSR count). The van der Waals surface area contributed by atoms with Crippen molar-refractivity contribution in [2.24, 2.45) is 11.3 Å². The number of ether oxygens (including phenoxy) is 2. The highest BCUT2D eigenvalue weighted by Gasteiger charge is 2.44. The van der Waals surface area contributed by atoms with Crippen molar-refractivity contribution in [1.82, 2.24) is 0 Å². The molecule has 6 nitrogen and oxygen atoms in total. The number of nitrogens with one attached hydrogen (secondary N) is 2. The first-order valence-corrected chi connectivity index (χ1v) is 11.1. The lowest BCUT2D eigenvalue weighted by molar-refractivity contribution is -0.344. The first-order chi connectivity index (χ1) is 15.8. The number of Topliss-reactive ketones (excluding diaryl/α,β-unsaturated/α-hetero) is 1. The molecule has 2 aliphatic rings. The Bertz CT molecular complexity index is 1320. The number of methoxy groups -OCH3 is 1. The highest BCUT2D eigenvalue weighted by Crippen LogP contribution is 2.51. The molecule has 0 fully saturated rings. The molecule has 2 N–H and O–H groups in total. The Hall–Kier alpha value is -3.67. The van der Waals surface area contributed by atoms with Gasteiger partial charge in [0.15, 0.2) is 17.7 Å². The van der Waals surface area contributed by atoms with Crippen molar-refractivity contribution in [2.75, 3.05) is 12.4 Å². The Morgan fingerprint density at radius 2 is 1.94 bits per heavy atom. The van der Waals surface area contributed by atoms with Gasteiger partial charge in [-0.05, 0) is 40.8 Å². The molecule has 2 aromatic carbocycles. The number of benzene rings is 2. The van der Waals surface area contributed by atoms with E-state index in [4.69, 9.17) is 9.47 Å². The van der Waals surface area contributed by atoms with Gasteiger partial charge in [-0.1, -0.05) is 26.0 Å². The van der Waals surface area contributed by atoms with Crippen LogP contribution in [0.2, 0.25) is 0 Å². The van der Waals surface area contributed by atoms with E-state index in [0.717, 1.165) is 33.4 Å². The molecule has 2 atom stereocenters. The maximum atomic E-state index is 13.6. The summed E-state index contributed by atoms with van der Waals surface area (Å²) in [4.78, 5) is 28.4. The predicted octanol–water partition coefficient (Wildman–Crippen LogP) is 4.64. The van der Waals surface area contributed by atoms with Gasteiger partial charge < -0.3 is 14.8 Å². The zero-order chi connectivity index (χ0) is 23.3. The van der Waals surface area contributed by atoms with E-state index < -0.39 is 5.97 Å². The number of ketones is 1. The largest absolute Gasteiger partial charge is 0.493 e. The van der Waals surface area contributed by atoms with Crippen LogP contribution >= 0.6 is 0 Å². The summed E-state index contributed by atoms with van der Waals surface area (Å²) < 4.78 is 10.9. The minimum atomic E-state index is -0.412. The summed E-state index contributed by atoms with van der Waals surface area (Å²) in [5.74, 6) is 0.0755. The zero-order valence-electron chi connectivity index (χ0n) is 19.2. The molecule has 2 heterocycles. The van der Waals surface area contributed by atoms with Gasteiger partial charge in [-0.25, -0.2) is 4.98 Å². The maximum absolute atomic E-state index is 13.6. The molecule has 33 heavy (non-hydrogen) atoms. The monoisotopic (exact) mass is 443 g/mol. The zero-order valence-corrected chi connectivity index (χ0v) is 19.2. The van der Waals surface area contributed by atoms with Crippen LogP contribution in [0.15, 0.2) is 60.4 Å². The van der Waals surface area contributed by atoms with Crippen LogP contribution in [-0.2, 0) is 9.59 Å².